The van der Waals surface area contributed by atoms with E-state index in [0.717, 1.165) is 41.2 Å². The van der Waals surface area contributed by atoms with Crippen molar-refractivity contribution in [2.45, 2.75) is 52.2 Å². The monoisotopic (exact) mass is 544 g/mol. The molecule has 3 aromatic rings. The standard InChI is InChI=1S/C32H33FN2O3S/c1-3-37-29-19-23(16-17-28(29)38-21-24-11-9-12-25(33)18-24)20-30-31(36)35(27-15-8-7-10-22(27)2)32(39-30)34-26-13-5-4-6-14-26/h4-6,9,11-14,16-20,22,27H,3,7-8,10,15,21H2,1-2H3/b30-20-,34-32?/t22-,27-/m1/s1. The summed E-state index contributed by atoms with van der Waals surface area (Å²) in [5.74, 6) is 1.27. The number of amidine groups is 1. The SMILES string of the molecule is CCOc1cc(/C=C2\SC(=Nc3ccccc3)N([C@@H]3CCCC[C@H]3C)C2=O)ccc1OCc1cccc(F)c1. The summed E-state index contributed by atoms with van der Waals surface area (Å²) in [6.45, 7) is 4.83. The Morgan fingerprint density at radius 2 is 1.82 bits per heavy atom. The van der Waals surface area contributed by atoms with Gasteiger partial charge in [0.25, 0.3) is 5.91 Å². The van der Waals surface area contributed by atoms with Crippen molar-refractivity contribution in [2.24, 2.45) is 10.9 Å². The Labute approximate surface area is 233 Å². The third-order valence-corrected chi connectivity index (χ3v) is 8.05. The Morgan fingerprint density at radius 1 is 1.00 bits per heavy atom. The molecule has 0 bridgehead atoms. The average molecular weight is 545 g/mol. The van der Waals surface area contributed by atoms with Gasteiger partial charge in [0.1, 0.15) is 12.4 Å². The van der Waals surface area contributed by atoms with Gasteiger partial charge in [0.2, 0.25) is 0 Å². The van der Waals surface area contributed by atoms with Crippen LogP contribution in [0.2, 0.25) is 0 Å². The van der Waals surface area contributed by atoms with Gasteiger partial charge < -0.3 is 9.47 Å². The first kappa shape index (κ1) is 27.0. The van der Waals surface area contributed by atoms with E-state index < -0.39 is 0 Å². The van der Waals surface area contributed by atoms with Gasteiger partial charge in [-0.05, 0) is 91.0 Å². The van der Waals surface area contributed by atoms with Crippen molar-refractivity contribution in [3.8, 4) is 11.5 Å². The molecule has 1 amide bonds. The molecule has 7 heteroatoms. The van der Waals surface area contributed by atoms with Crippen molar-refractivity contribution in [1.29, 1.82) is 0 Å². The number of ether oxygens (including phenoxy) is 2. The fourth-order valence-corrected chi connectivity index (χ4v) is 6.14. The molecule has 0 N–H and O–H groups in total. The first-order valence-electron chi connectivity index (χ1n) is 13.5. The largest absolute Gasteiger partial charge is 0.490 e. The summed E-state index contributed by atoms with van der Waals surface area (Å²) in [5, 5.41) is 0.733. The van der Waals surface area contributed by atoms with Crippen LogP contribution < -0.4 is 9.47 Å². The van der Waals surface area contributed by atoms with Gasteiger partial charge in [0, 0.05) is 6.04 Å². The van der Waals surface area contributed by atoms with Gasteiger partial charge in [-0.15, -0.1) is 0 Å². The van der Waals surface area contributed by atoms with Crippen molar-refractivity contribution in [1.82, 2.24) is 4.90 Å². The number of thioether (sulfide) groups is 1. The number of hydrogen-bond acceptors (Lipinski definition) is 5. The van der Waals surface area contributed by atoms with Crippen LogP contribution in [0.1, 0.15) is 50.7 Å². The number of para-hydroxylation sites is 1. The van der Waals surface area contributed by atoms with Crippen LogP contribution in [-0.2, 0) is 11.4 Å². The lowest BCUT2D eigenvalue weighted by molar-refractivity contribution is -0.124. The highest BCUT2D eigenvalue weighted by molar-refractivity contribution is 8.18. The van der Waals surface area contributed by atoms with Crippen molar-refractivity contribution in [3.63, 3.8) is 0 Å². The van der Waals surface area contributed by atoms with E-state index in [1.165, 1.54) is 30.3 Å². The third-order valence-electron chi connectivity index (χ3n) is 7.06. The molecule has 5 rings (SSSR count). The summed E-state index contributed by atoms with van der Waals surface area (Å²) in [6, 6.07) is 21.9. The van der Waals surface area contributed by atoms with E-state index in [9.17, 15) is 9.18 Å². The fraction of sp³-hybridized carbons (Fsp3) is 0.312. The zero-order chi connectivity index (χ0) is 27.2. The number of amides is 1. The lowest BCUT2D eigenvalue weighted by Crippen LogP contribution is -2.44. The molecular weight excluding hydrogens is 511 g/mol. The van der Waals surface area contributed by atoms with Gasteiger partial charge in [-0.3, -0.25) is 9.69 Å². The summed E-state index contributed by atoms with van der Waals surface area (Å²) in [6.07, 6.45) is 6.33. The molecule has 2 fully saturated rings. The number of halogens is 1. The second kappa shape index (κ2) is 12.5. The molecule has 1 aliphatic heterocycles. The van der Waals surface area contributed by atoms with E-state index in [1.54, 1.807) is 6.07 Å². The van der Waals surface area contributed by atoms with Gasteiger partial charge in [0.15, 0.2) is 16.7 Å². The van der Waals surface area contributed by atoms with Gasteiger partial charge in [-0.25, -0.2) is 9.38 Å². The maximum Gasteiger partial charge on any atom is 0.267 e. The smallest absolute Gasteiger partial charge is 0.267 e. The minimum Gasteiger partial charge on any atom is -0.490 e. The number of hydrogen-bond donors (Lipinski definition) is 0. The van der Waals surface area contributed by atoms with Crippen LogP contribution in [0.25, 0.3) is 6.08 Å². The molecular formula is C32H33FN2O3S. The second-order valence-corrected chi connectivity index (χ2v) is 10.9. The Hall–Kier alpha value is -3.58. The Kier molecular flexibility index (Phi) is 8.67. The van der Waals surface area contributed by atoms with E-state index in [-0.39, 0.29) is 24.4 Å². The van der Waals surface area contributed by atoms with Crippen LogP contribution >= 0.6 is 11.8 Å². The van der Waals surface area contributed by atoms with Crippen molar-refractivity contribution >= 4 is 34.6 Å². The zero-order valence-electron chi connectivity index (χ0n) is 22.3. The van der Waals surface area contributed by atoms with E-state index >= 15 is 0 Å². The summed E-state index contributed by atoms with van der Waals surface area (Å²) < 4.78 is 25.4. The van der Waals surface area contributed by atoms with E-state index in [2.05, 4.69) is 6.92 Å². The lowest BCUT2D eigenvalue weighted by atomic mass is 9.85. The van der Waals surface area contributed by atoms with Crippen LogP contribution in [0.4, 0.5) is 10.1 Å². The van der Waals surface area contributed by atoms with Gasteiger partial charge in [-0.2, -0.15) is 0 Å². The number of nitrogens with zero attached hydrogens (tertiary/aromatic N) is 2. The zero-order valence-corrected chi connectivity index (χ0v) is 23.1. The van der Waals surface area contributed by atoms with Gasteiger partial charge >= 0.3 is 0 Å². The predicted molar refractivity (Wildman–Crippen MR) is 156 cm³/mol. The fourth-order valence-electron chi connectivity index (χ4n) is 5.09. The normalized spacial score (nSPS) is 21.5. The Bertz CT molecular complexity index is 1370. The number of carbonyl (C=O) groups is 1. The number of benzene rings is 3. The maximum atomic E-state index is 13.8. The average Bonchev–Trinajstić information content (AvgIpc) is 3.23. The topological polar surface area (TPSA) is 51.1 Å². The highest BCUT2D eigenvalue weighted by atomic mass is 32.2. The molecule has 0 spiro atoms. The molecule has 2 aliphatic rings. The van der Waals surface area contributed by atoms with Crippen LogP contribution in [0.5, 0.6) is 11.5 Å². The molecule has 202 valence electrons. The Morgan fingerprint density at radius 3 is 2.59 bits per heavy atom. The maximum absolute atomic E-state index is 13.8. The minimum atomic E-state index is -0.298. The molecule has 1 saturated heterocycles. The van der Waals surface area contributed by atoms with Crippen LogP contribution in [0, 0.1) is 11.7 Å². The van der Waals surface area contributed by atoms with Crippen molar-refractivity contribution in [2.75, 3.05) is 6.61 Å². The first-order valence-corrected chi connectivity index (χ1v) is 14.3. The highest BCUT2D eigenvalue weighted by Crippen LogP contribution is 2.40. The molecule has 3 aromatic carbocycles. The molecule has 39 heavy (non-hydrogen) atoms. The van der Waals surface area contributed by atoms with Gasteiger partial charge in [-0.1, -0.05) is 56.2 Å². The van der Waals surface area contributed by atoms with Crippen LogP contribution in [-0.4, -0.2) is 28.6 Å². The van der Waals surface area contributed by atoms with Crippen LogP contribution in [0.3, 0.4) is 0 Å². The van der Waals surface area contributed by atoms with Crippen molar-refractivity contribution < 1.29 is 18.7 Å². The molecule has 1 heterocycles. The minimum absolute atomic E-state index is 0.00202. The summed E-state index contributed by atoms with van der Waals surface area (Å²) in [4.78, 5) is 21.2. The van der Waals surface area contributed by atoms with E-state index in [0.29, 0.717) is 28.9 Å². The molecule has 0 aromatic heterocycles. The summed E-state index contributed by atoms with van der Waals surface area (Å²) >= 11 is 1.42. The van der Waals surface area contributed by atoms with E-state index in [1.807, 2.05) is 72.5 Å². The molecule has 1 aliphatic carbocycles. The number of carbonyl (C=O) groups excluding carboxylic acids is 1. The quantitative estimate of drug-likeness (QED) is 0.270. The van der Waals surface area contributed by atoms with E-state index in [4.69, 9.17) is 14.5 Å². The highest BCUT2D eigenvalue weighted by Gasteiger charge is 2.41. The molecule has 0 unspecified atom stereocenters. The predicted octanol–water partition coefficient (Wildman–Crippen LogP) is 7.99. The Balaban J connectivity index is 1.42. The van der Waals surface area contributed by atoms with Crippen molar-refractivity contribution in [3.05, 3.63) is 94.6 Å². The molecule has 2 atom stereocenters. The number of rotatable bonds is 8. The van der Waals surface area contributed by atoms with Crippen LogP contribution in [0.15, 0.2) is 82.7 Å². The number of aliphatic imine (C=N–C) groups is 1. The first-order chi connectivity index (χ1) is 19.0. The lowest BCUT2D eigenvalue weighted by Gasteiger charge is -2.35. The van der Waals surface area contributed by atoms with Gasteiger partial charge in [0.05, 0.1) is 17.2 Å². The summed E-state index contributed by atoms with van der Waals surface area (Å²) in [5.41, 5.74) is 2.41. The second-order valence-electron chi connectivity index (χ2n) is 9.90. The molecule has 5 nitrogen and oxygen atoms in total. The molecule has 0 radical (unpaired) electrons. The molecule has 1 saturated carbocycles. The summed E-state index contributed by atoms with van der Waals surface area (Å²) in [7, 11) is 0. The third kappa shape index (κ3) is 6.53.